The zero-order valence-corrected chi connectivity index (χ0v) is 12.6. The highest BCUT2D eigenvalue weighted by atomic mass is 79.9. The molecule has 18 heavy (non-hydrogen) atoms. The Morgan fingerprint density at radius 1 is 1.39 bits per heavy atom. The van der Waals surface area contributed by atoms with Crippen LogP contribution in [-0.4, -0.2) is 36.6 Å². The minimum atomic E-state index is 0.867. The van der Waals surface area contributed by atoms with Gasteiger partial charge in [-0.1, -0.05) is 6.07 Å². The number of likely N-dealkylation sites (tertiary alicyclic amines) is 1. The fourth-order valence-corrected chi connectivity index (χ4v) is 2.80. The first-order chi connectivity index (χ1) is 8.74. The predicted molar refractivity (Wildman–Crippen MR) is 78.5 cm³/mol. The molecule has 2 rings (SSSR count). The summed E-state index contributed by atoms with van der Waals surface area (Å²) in [5.41, 5.74) is 1.10. The summed E-state index contributed by atoms with van der Waals surface area (Å²) in [6, 6.07) is 6.06. The number of nitrogens with one attached hydrogen (secondary N) is 1. The van der Waals surface area contributed by atoms with Crippen LogP contribution in [0, 0.1) is 5.92 Å². The van der Waals surface area contributed by atoms with Crippen LogP contribution in [0.1, 0.15) is 25.0 Å². The van der Waals surface area contributed by atoms with Crippen LogP contribution in [0.2, 0.25) is 0 Å². The lowest BCUT2D eigenvalue weighted by Gasteiger charge is -2.28. The number of pyridine rings is 1. The minimum absolute atomic E-state index is 0.867. The molecule has 0 bridgehead atoms. The van der Waals surface area contributed by atoms with Gasteiger partial charge in [-0.3, -0.25) is 0 Å². The molecule has 0 aromatic carbocycles. The molecule has 1 N–H and O–H groups in total. The Kier molecular flexibility index (Phi) is 5.60. The Hall–Kier alpha value is -0.450. The monoisotopic (exact) mass is 311 g/mol. The second-order valence-corrected chi connectivity index (χ2v) is 5.98. The molecule has 0 amide bonds. The molecule has 1 fully saturated rings. The lowest BCUT2D eigenvalue weighted by molar-refractivity contribution is 0.211. The van der Waals surface area contributed by atoms with E-state index in [1.807, 2.05) is 12.1 Å². The summed E-state index contributed by atoms with van der Waals surface area (Å²) in [5, 5.41) is 3.49. The van der Waals surface area contributed by atoms with E-state index in [4.69, 9.17) is 0 Å². The van der Waals surface area contributed by atoms with Crippen LogP contribution in [-0.2, 0) is 6.54 Å². The number of hydrogen-bond donors (Lipinski definition) is 1. The van der Waals surface area contributed by atoms with E-state index in [0.717, 1.165) is 29.3 Å². The molecule has 1 aliphatic rings. The summed E-state index contributed by atoms with van der Waals surface area (Å²) < 4.78 is 0.914. The molecule has 0 spiro atoms. The van der Waals surface area contributed by atoms with Crippen molar-refractivity contribution in [2.75, 3.05) is 26.7 Å². The highest BCUT2D eigenvalue weighted by molar-refractivity contribution is 9.10. The van der Waals surface area contributed by atoms with Gasteiger partial charge in [0.1, 0.15) is 4.60 Å². The molecule has 2 heterocycles. The van der Waals surface area contributed by atoms with Crippen LogP contribution in [0.5, 0.6) is 0 Å². The van der Waals surface area contributed by atoms with Crippen molar-refractivity contribution >= 4 is 15.9 Å². The predicted octanol–water partition coefficient (Wildman–Crippen LogP) is 2.67. The van der Waals surface area contributed by atoms with Gasteiger partial charge >= 0.3 is 0 Å². The Morgan fingerprint density at radius 2 is 2.17 bits per heavy atom. The van der Waals surface area contributed by atoms with Crippen LogP contribution < -0.4 is 5.32 Å². The Morgan fingerprint density at radius 3 is 2.89 bits per heavy atom. The van der Waals surface area contributed by atoms with Gasteiger partial charge in [-0.2, -0.15) is 0 Å². The fraction of sp³-hybridized carbons (Fsp3) is 0.643. The average Bonchev–Trinajstić information content (AvgIpc) is 2.37. The summed E-state index contributed by atoms with van der Waals surface area (Å²) >= 11 is 3.40. The second kappa shape index (κ2) is 7.22. The molecular weight excluding hydrogens is 290 g/mol. The van der Waals surface area contributed by atoms with Crippen molar-refractivity contribution in [3.63, 3.8) is 0 Å². The SMILES string of the molecule is CN1CCC(CCNCc2cccc(Br)n2)CC1. The van der Waals surface area contributed by atoms with Gasteiger partial charge in [0, 0.05) is 6.54 Å². The average molecular weight is 312 g/mol. The van der Waals surface area contributed by atoms with Crippen molar-refractivity contribution in [2.45, 2.75) is 25.8 Å². The molecule has 0 saturated carbocycles. The van der Waals surface area contributed by atoms with Crippen LogP contribution in [0.4, 0.5) is 0 Å². The first kappa shape index (κ1) is 14.0. The van der Waals surface area contributed by atoms with Crippen molar-refractivity contribution in [1.29, 1.82) is 0 Å². The second-order valence-electron chi connectivity index (χ2n) is 5.16. The summed E-state index contributed by atoms with van der Waals surface area (Å²) in [6.07, 6.45) is 4.00. The summed E-state index contributed by atoms with van der Waals surface area (Å²) in [6.45, 7) is 4.49. The molecule has 0 unspecified atom stereocenters. The van der Waals surface area contributed by atoms with Gasteiger partial charge in [-0.25, -0.2) is 4.98 Å². The van der Waals surface area contributed by atoms with E-state index < -0.39 is 0 Å². The third-order valence-corrected chi connectivity index (χ3v) is 4.09. The van der Waals surface area contributed by atoms with Crippen molar-refractivity contribution < 1.29 is 0 Å². The van der Waals surface area contributed by atoms with Gasteiger partial charge < -0.3 is 10.2 Å². The number of nitrogens with zero attached hydrogens (tertiary/aromatic N) is 2. The topological polar surface area (TPSA) is 28.2 Å². The van der Waals surface area contributed by atoms with Crippen LogP contribution in [0.3, 0.4) is 0 Å². The first-order valence-electron chi connectivity index (χ1n) is 6.75. The lowest BCUT2D eigenvalue weighted by atomic mass is 9.94. The van der Waals surface area contributed by atoms with Gasteiger partial charge in [-0.05, 0) is 79.9 Å². The van der Waals surface area contributed by atoms with Crippen LogP contribution >= 0.6 is 15.9 Å². The zero-order valence-electron chi connectivity index (χ0n) is 11.0. The Bertz CT molecular complexity index is 362. The molecule has 3 nitrogen and oxygen atoms in total. The molecule has 1 aromatic rings. The normalized spacial score (nSPS) is 18.1. The van der Waals surface area contributed by atoms with Crippen molar-refractivity contribution in [2.24, 2.45) is 5.92 Å². The van der Waals surface area contributed by atoms with Crippen LogP contribution in [0.25, 0.3) is 0 Å². The van der Waals surface area contributed by atoms with E-state index in [1.165, 1.54) is 32.4 Å². The smallest absolute Gasteiger partial charge is 0.106 e. The fourth-order valence-electron chi connectivity index (χ4n) is 2.42. The Labute approximate surface area is 118 Å². The summed E-state index contributed by atoms with van der Waals surface area (Å²) in [5.74, 6) is 0.907. The van der Waals surface area contributed by atoms with Crippen LogP contribution in [0.15, 0.2) is 22.8 Å². The largest absolute Gasteiger partial charge is 0.311 e. The molecule has 1 saturated heterocycles. The Balaban J connectivity index is 1.61. The maximum atomic E-state index is 4.41. The quantitative estimate of drug-likeness (QED) is 0.669. The molecule has 100 valence electrons. The van der Waals surface area contributed by atoms with E-state index in [1.54, 1.807) is 0 Å². The van der Waals surface area contributed by atoms with Crippen molar-refractivity contribution in [1.82, 2.24) is 15.2 Å². The number of halogens is 1. The number of hydrogen-bond acceptors (Lipinski definition) is 3. The third-order valence-electron chi connectivity index (χ3n) is 3.65. The van der Waals surface area contributed by atoms with Gasteiger partial charge in [0.25, 0.3) is 0 Å². The lowest BCUT2D eigenvalue weighted by Crippen LogP contribution is -2.31. The first-order valence-corrected chi connectivity index (χ1v) is 7.54. The number of piperidine rings is 1. The highest BCUT2D eigenvalue weighted by Crippen LogP contribution is 2.18. The van der Waals surface area contributed by atoms with E-state index in [9.17, 15) is 0 Å². The third kappa shape index (κ3) is 4.67. The van der Waals surface area contributed by atoms with Crippen molar-refractivity contribution in [3.05, 3.63) is 28.5 Å². The van der Waals surface area contributed by atoms with E-state index in [0.29, 0.717) is 0 Å². The van der Waals surface area contributed by atoms with E-state index in [2.05, 4.69) is 44.2 Å². The molecule has 0 aliphatic carbocycles. The maximum Gasteiger partial charge on any atom is 0.106 e. The van der Waals surface area contributed by atoms with Crippen molar-refractivity contribution in [3.8, 4) is 0 Å². The van der Waals surface area contributed by atoms with Gasteiger partial charge in [0.05, 0.1) is 5.69 Å². The zero-order chi connectivity index (χ0) is 12.8. The summed E-state index contributed by atoms with van der Waals surface area (Å²) in [7, 11) is 2.22. The molecule has 4 heteroatoms. The molecule has 0 atom stereocenters. The number of aromatic nitrogens is 1. The maximum absolute atomic E-state index is 4.41. The standard InChI is InChI=1S/C14H22BrN3/c1-18-9-6-12(7-10-18)5-8-16-11-13-3-2-4-14(15)17-13/h2-4,12,16H,5-11H2,1H3. The molecular formula is C14H22BrN3. The summed E-state index contributed by atoms with van der Waals surface area (Å²) in [4.78, 5) is 6.84. The highest BCUT2D eigenvalue weighted by Gasteiger charge is 2.15. The molecule has 0 radical (unpaired) electrons. The molecule has 1 aromatic heterocycles. The van der Waals surface area contributed by atoms with Gasteiger partial charge in [0.2, 0.25) is 0 Å². The molecule has 1 aliphatic heterocycles. The van der Waals surface area contributed by atoms with Gasteiger partial charge in [-0.15, -0.1) is 0 Å². The van der Waals surface area contributed by atoms with Gasteiger partial charge in [0.15, 0.2) is 0 Å². The minimum Gasteiger partial charge on any atom is -0.311 e. The van der Waals surface area contributed by atoms with E-state index >= 15 is 0 Å². The van der Waals surface area contributed by atoms with E-state index in [-0.39, 0.29) is 0 Å². The number of rotatable bonds is 5.